The summed E-state index contributed by atoms with van der Waals surface area (Å²) in [4.78, 5) is 26.1. The second-order valence-corrected chi connectivity index (χ2v) is 5.68. The monoisotopic (exact) mass is 324 g/mol. The molecular weight excluding hydrogens is 304 g/mol. The number of ether oxygens (including phenoxy) is 1. The van der Waals surface area contributed by atoms with Gasteiger partial charge >= 0.3 is 0 Å². The van der Waals surface area contributed by atoms with Gasteiger partial charge in [0.15, 0.2) is 0 Å². The van der Waals surface area contributed by atoms with Crippen molar-refractivity contribution in [1.29, 1.82) is 0 Å². The quantitative estimate of drug-likeness (QED) is 0.829. The maximum Gasteiger partial charge on any atom is 0.256 e. The van der Waals surface area contributed by atoms with Crippen LogP contribution in [0.25, 0.3) is 0 Å². The summed E-state index contributed by atoms with van der Waals surface area (Å²) in [6, 6.07) is 15.9. The number of hydrogen-bond donors (Lipinski definition) is 1. The lowest BCUT2D eigenvalue weighted by Gasteiger charge is -2.16. The highest BCUT2D eigenvalue weighted by atomic mass is 16.5. The van der Waals surface area contributed by atoms with Crippen molar-refractivity contribution in [2.24, 2.45) is 0 Å². The number of hydrogen-bond acceptors (Lipinski definition) is 4. The molecule has 0 bridgehead atoms. The Balaban J connectivity index is 1.72. The minimum atomic E-state index is -0.532. The summed E-state index contributed by atoms with van der Waals surface area (Å²) in [5.74, 6) is 0.306. The smallest absolute Gasteiger partial charge is 0.256 e. The normalized spacial score (nSPS) is 17.2. The third kappa shape index (κ3) is 3.40. The molecule has 1 aliphatic heterocycles. The molecule has 2 aromatic rings. The zero-order valence-corrected chi connectivity index (χ0v) is 13.6. The molecule has 0 spiro atoms. The van der Waals surface area contributed by atoms with Crippen LogP contribution in [0, 0.1) is 0 Å². The highest BCUT2D eigenvalue weighted by Gasteiger charge is 2.39. The van der Waals surface area contributed by atoms with Gasteiger partial charge in [0.1, 0.15) is 11.8 Å². The van der Waals surface area contributed by atoms with E-state index < -0.39 is 6.04 Å². The lowest BCUT2D eigenvalue weighted by molar-refractivity contribution is -0.121. The van der Waals surface area contributed by atoms with E-state index in [0.717, 1.165) is 17.9 Å². The van der Waals surface area contributed by atoms with Crippen molar-refractivity contribution in [3.63, 3.8) is 0 Å². The zero-order chi connectivity index (χ0) is 16.9. The van der Waals surface area contributed by atoms with Crippen LogP contribution >= 0.6 is 0 Å². The summed E-state index contributed by atoms with van der Waals surface area (Å²) in [5, 5.41) is 3.12. The molecule has 124 valence electrons. The fourth-order valence-corrected chi connectivity index (χ4v) is 2.66. The summed E-state index contributed by atoms with van der Waals surface area (Å²) in [6.07, 6.45) is 1.08. The largest absolute Gasteiger partial charge is 0.494 e. The third-order valence-electron chi connectivity index (χ3n) is 3.83. The number of imide groups is 1. The van der Waals surface area contributed by atoms with Gasteiger partial charge in [-0.1, -0.05) is 25.1 Å². The van der Waals surface area contributed by atoms with E-state index in [9.17, 15) is 9.59 Å². The molecule has 24 heavy (non-hydrogen) atoms. The van der Waals surface area contributed by atoms with E-state index in [0.29, 0.717) is 12.3 Å². The molecule has 2 amide bonds. The van der Waals surface area contributed by atoms with Crippen LogP contribution in [-0.4, -0.2) is 24.5 Å². The SMILES string of the molecule is CCCOc1ccc(N2C(=O)C[C@@H](Nc3ccccc3)C2=O)cc1. The number of rotatable bonds is 6. The first-order valence-electron chi connectivity index (χ1n) is 8.10. The number of para-hydroxylation sites is 1. The van der Waals surface area contributed by atoms with Crippen LogP contribution in [-0.2, 0) is 9.59 Å². The minimum Gasteiger partial charge on any atom is -0.494 e. The van der Waals surface area contributed by atoms with Crippen LogP contribution < -0.4 is 15.0 Å². The Hall–Kier alpha value is -2.82. The number of nitrogens with zero attached hydrogens (tertiary/aromatic N) is 1. The average Bonchev–Trinajstić information content (AvgIpc) is 2.88. The van der Waals surface area contributed by atoms with Crippen LogP contribution in [0.5, 0.6) is 5.75 Å². The highest BCUT2D eigenvalue weighted by molar-refractivity contribution is 6.23. The number of carbonyl (C=O) groups excluding carboxylic acids is 2. The van der Waals surface area contributed by atoms with Gasteiger partial charge in [-0.05, 0) is 42.8 Å². The van der Waals surface area contributed by atoms with Crippen molar-refractivity contribution in [1.82, 2.24) is 0 Å². The van der Waals surface area contributed by atoms with Crippen molar-refractivity contribution in [3.8, 4) is 5.75 Å². The van der Waals surface area contributed by atoms with Gasteiger partial charge in [0.25, 0.3) is 5.91 Å². The zero-order valence-electron chi connectivity index (χ0n) is 13.6. The van der Waals surface area contributed by atoms with E-state index in [2.05, 4.69) is 5.32 Å². The minimum absolute atomic E-state index is 0.155. The Morgan fingerprint density at radius 1 is 1.08 bits per heavy atom. The number of amides is 2. The van der Waals surface area contributed by atoms with Gasteiger partial charge in [-0.2, -0.15) is 0 Å². The number of nitrogens with one attached hydrogen (secondary N) is 1. The summed E-state index contributed by atoms with van der Waals surface area (Å²) < 4.78 is 5.53. The second kappa shape index (κ2) is 7.17. The highest BCUT2D eigenvalue weighted by Crippen LogP contribution is 2.26. The van der Waals surface area contributed by atoms with Crippen LogP contribution in [0.1, 0.15) is 19.8 Å². The molecule has 1 fully saturated rings. The maximum absolute atomic E-state index is 12.6. The molecule has 3 rings (SSSR count). The van der Waals surface area contributed by atoms with Gasteiger partial charge in [0.05, 0.1) is 18.7 Å². The van der Waals surface area contributed by atoms with E-state index in [-0.39, 0.29) is 18.2 Å². The summed E-state index contributed by atoms with van der Waals surface area (Å²) in [5.41, 5.74) is 1.40. The molecular formula is C19H20N2O3. The molecule has 1 atom stereocenters. The lowest BCUT2D eigenvalue weighted by atomic mass is 10.2. The van der Waals surface area contributed by atoms with E-state index in [1.165, 1.54) is 4.90 Å². The van der Waals surface area contributed by atoms with Crippen molar-refractivity contribution in [2.45, 2.75) is 25.8 Å². The maximum atomic E-state index is 12.6. The molecule has 0 unspecified atom stereocenters. The fraction of sp³-hybridized carbons (Fsp3) is 0.263. The summed E-state index contributed by atoms with van der Waals surface area (Å²) in [7, 11) is 0. The molecule has 5 nitrogen and oxygen atoms in total. The third-order valence-corrected chi connectivity index (χ3v) is 3.83. The second-order valence-electron chi connectivity index (χ2n) is 5.68. The van der Waals surface area contributed by atoms with E-state index in [1.807, 2.05) is 37.3 Å². The number of carbonyl (C=O) groups is 2. The molecule has 1 saturated heterocycles. The Morgan fingerprint density at radius 2 is 1.79 bits per heavy atom. The molecule has 0 saturated carbocycles. The lowest BCUT2D eigenvalue weighted by Crippen LogP contribution is -2.34. The molecule has 0 radical (unpaired) electrons. The molecule has 1 N–H and O–H groups in total. The Bertz CT molecular complexity index is 713. The fourth-order valence-electron chi connectivity index (χ4n) is 2.66. The first kappa shape index (κ1) is 16.1. The topological polar surface area (TPSA) is 58.6 Å². The van der Waals surface area contributed by atoms with Gasteiger partial charge in [-0.25, -0.2) is 4.90 Å². The van der Waals surface area contributed by atoms with Gasteiger partial charge in [0.2, 0.25) is 5.91 Å². The van der Waals surface area contributed by atoms with E-state index in [1.54, 1.807) is 24.3 Å². The van der Waals surface area contributed by atoms with Crippen LogP contribution in [0.4, 0.5) is 11.4 Å². The Morgan fingerprint density at radius 3 is 2.46 bits per heavy atom. The van der Waals surface area contributed by atoms with Gasteiger partial charge in [-0.15, -0.1) is 0 Å². The molecule has 2 aromatic carbocycles. The summed E-state index contributed by atoms with van der Waals surface area (Å²) in [6.45, 7) is 2.68. The van der Waals surface area contributed by atoms with E-state index in [4.69, 9.17) is 4.74 Å². The first-order valence-corrected chi connectivity index (χ1v) is 8.10. The molecule has 0 aliphatic carbocycles. The van der Waals surface area contributed by atoms with Crippen molar-refractivity contribution < 1.29 is 14.3 Å². The Labute approximate surface area is 141 Å². The van der Waals surface area contributed by atoms with Gasteiger partial charge < -0.3 is 10.1 Å². The standard InChI is InChI=1S/C19H20N2O3/c1-2-12-24-16-10-8-15(9-11-16)21-18(22)13-17(19(21)23)20-14-6-4-3-5-7-14/h3-11,17,20H,2,12-13H2,1H3/t17-/m1/s1. The van der Waals surface area contributed by atoms with Gasteiger partial charge in [0, 0.05) is 5.69 Å². The van der Waals surface area contributed by atoms with Crippen LogP contribution in [0.3, 0.4) is 0 Å². The number of anilines is 2. The Kier molecular flexibility index (Phi) is 4.79. The number of benzene rings is 2. The molecule has 5 heteroatoms. The van der Waals surface area contributed by atoms with Crippen molar-refractivity contribution in [2.75, 3.05) is 16.8 Å². The van der Waals surface area contributed by atoms with Crippen LogP contribution in [0.2, 0.25) is 0 Å². The van der Waals surface area contributed by atoms with Crippen molar-refractivity contribution in [3.05, 3.63) is 54.6 Å². The predicted molar refractivity (Wildman–Crippen MR) is 93.2 cm³/mol. The van der Waals surface area contributed by atoms with Crippen LogP contribution in [0.15, 0.2) is 54.6 Å². The predicted octanol–water partition coefficient (Wildman–Crippen LogP) is 3.22. The molecule has 0 aromatic heterocycles. The van der Waals surface area contributed by atoms with Crippen molar-refractivity contribution >= 4 is 23.2 Å². The molecule has 1 aliphatic rings. The average molecular weight is 324 g/mol. The van der Waals surface area contributed by atoms with Gasteiger partial charge in [-0.3, -0.25) is 9.59 Å². The summed E-state index contributed by atoms with van der Waals surface area (Å²) >= 11 is 0. The van der Waals surface area contributed by atoms with E-state index >= 15 is 0 Å². The molecule has 1 heterocycles. The first-order chi connectivity index (χ1) is 11.7.